The molecule has 0 amide bonds. The lowest BCUT2D eigenvalue weighted by molar-refractivity contribution is 0.280. The molecule has 0 radical (unpaired) electrons. The summed E-state index contributed by atoms with van der Waals surface area (Å²) in [4.78, 5) is 4.55. The molecule has 0 saturated carbocycles. The number of rotatable bonds is 11. The van der Waals surface area contributed by atoms with Crippen molar-refractivity contribution in [3.63, 3.8) is 0 Å². The summed E-state index contributed by atoms with van der Waals surface area (Å²) in [6.45, 7) is 0.357. The lowest BCUT2D eigenvalue weighted by atomic mass is 10.0. The Morgan fingerprint density at radius 1 is 1.06 bits per heavy atom. The zero-order chi connectivity index (χ0) is 21.3. The van der Waals surface area contributed by atoms with Gasteiger partial charge in [-0.25, -0.2) is 4.98 Å². The van der Waals surface area contributed by atoms with Gasteiger partial charge < -0.3 is 19.2 Å². The number of hydrogen-bond donors (Lipinski definition) is 1. The third-order valence-electron chi connectivity index (χ3n) is 5.48. The molecule has 0 aliphatic carbocycles. The van der Waals surface area contributed by atoms with Gasteiger partial charge in [-0.15, -0.1) is 11.8 Å². The number of benzene rings is 2. The quantitative estimate of drug-likeness (QED) is 0.453. The summed E-state index contributed by atoms with van der Waals surface area (Å²) in [7, 11) is 1.68. The first-order valence-electron chi connectivity index (χ1n) is 10.9. The Morgan fingerprint density at radius 3 is 2.77 bits per heavy atom. The molecule has 1 N–H and O–H groups in total. The molecule has 1 saturated heterocycles. The number of aromatic nitrogens is 1. The predicted octanol–water partition coefficient (Wildman–Crippen LogP) is 5.03. The van der Waals surface area contributed by atoms with Gasteiger partial charge in [0.1, 0.15) is 18.6 Å². The van der Waals surface area contributed by atoms with Crippen LogP contribution in [0, 0.1) is 0 Å². The molecule has 1 fully saturated rings. The van der Waals surface area contributed by atoms with Crippen molar-refractivity contribution in [1.29, 1.82) is 0 Å². The normalized spacial score (nSPS) is 15.8. The van der Waals surface area contributed by atoms with Crippen LogP contribution in [0.5, 0.6) is 11.5 Å². The number of aryl methyl sites for hydroxylation is 3. The summed E-state index contributed by atoms with van der Waals surface area (Å²) in [5.74, 6) is 4.55. The van der Waals surface area contributed by atoms with Gasteiger partial charge in [0.2, 0.25) is 0 Å². The first kappa shape index (κ1) is 21.8. The van der Waals surface area contributed by atoms with Gasteiger partial charge in [-0.1, -0.05) is 36.4 Å². The Hall–Kier alpha value is -2.44. The Balaban J connectivity index is 1.26. The molecule has 0 bridgehead atoms. The lowest BCUT2D eigenvalue weighted by Gasteiger charge is -2.12. The smallest absolute Gasteiger partial charge is 0.194 e. The number of nitrogens with zero attached hydrogens (tertiary/aromatic N) is 1. The molecule has 1 atom stereocenters. The maximum absolute atomic E-state index is 5.97. The van der Waals surface area contributed by atoms with E-state index < -0.39 is 0 Å². The fourth-order valence-electron chi connectivity index (χ4n) is 3.74. The van der Waals surface area contributed by atoms with Crippen LogP contribution in [0.3, 0.4) is 0 Å². The Morgan fingerprint density at radius 2 is 1.97 bits per heavy atom. The van der Waals surface area contributed by atoms with Crippen molar-refractivity contribution in [2.75, 3.05) is 18.7 Å². The van der Waals surface area contributed by atoms with E-state index in [0.717, 1.165) is 48.2 Å². The molecular weight excluding hydrogens is 408 g/mol. The van der Waals surface area contributed by atoms with Gasteiger partial charge in [0, 0.05) is 24.1 Å². The fourth-order valence-corrected chi connectivity index (χ4v) is 4.78. The van der Waals surface area contributed by atoms with E-state index in [1.165, 1.54) is 29.7 Å². The number of thioether (sulfide) groups is 1. The summed E-state index contributed by atoms with van der Waals surface area (Å²) in [5.41, 5.74) is 3.34. The van der Waals surface area contributed by atoms with E-state index in [-0.39, 0.29) is 0 Å². The van der Waals surface area contributed by atoms with E-state index in [4.69, 9.17) is 13.9 Å². The Kier molecular flexibility index (Phi) is 7.91. The number of methoxy groups -OCH3 is 1. The van der Waals surface area contributed by atoms with Gasteiger partial charge >= 0.3 is 0 Å². The minimum absolute atomic E-state index is 0.357. The molecule has 31 heavy (non-hydrogen) atoms. The molecule has 3 aromatic rings. The zero-order valence-electron chi connectivity index (χ0n) is 18.0. The number of ether oxygens (including phenoxy) is 2. The Labute approximate surface area is 188 Å². The van der Waals surface area contributed by atoms with E-state index in [1.54, 1.807) is 13.4 Å². The highest BCUT2D eigenvalue weighted by atomic mass is 32.2. The van der Waals surface area contributed by atoms with Gasteiger partial charge in [-0.3, -0.25) is 0 Å². The van der Waals surface area contributed by atoms with Crippen LogP contribution >= 0.6 is 11.8 Å². The molecule has 4 rings (SSSR count). The fraction of sp³-hybridized carbons (Fsp3) is 0.400. The maximum Gasteiger partial charge on any atom is 0.194 e. The van der Waals surface area contributed by atoms with E-state index >= 15 is 0 Å². The molecule has 1 unspecified atom stereocenters. The van der Waals surface area contributed by atoms with Crippen molar-refractivity contribution >= 4 is 11.8 Å². The molecule has 1 aliphatic heterocycles. The molecule has 2 aromatic carbocycles. The highest BCUT2D eigenvalue weighted by molar-refractivity contribution is 7.99. The van der Waals surface area contributed by atoms with Crippen LogP contribution in [0.1, 0.15) is 35.6 Å². The molecule has 1 aliphatic rings. The van der Waals surface area contributed by atoms with Gasteiger partial charge in [-0.05, 0) is 48.9 Å². The second-order valence-electron chi connectivity index (χ2n) is 7.80. The second kappa shape index (κ2) is 11.3. The second-order valence-corrected chi connectivity index (χ2v) is 8.83. The van der Waals surface area contributed by atoms with Crippen LogP contribution in [-0.2, 0) is 25.9 Å². The SMILES string of the molecule is COc1cc(CCCC2CSCN2)ccc1OCc1coc(CCc2ccccc2)n1. The average molecular weight is 439 g/mol. The maximum atomic E-state index is 5.97. The predicted molar refractivity (Wildman–Crippen MR) is 125 cm³/mol. The topological polar surface area (TPSA) is 56.5 Å². The van der Waals surface area contributed by atoms with Crippen molar-refractivity contribution in [3.05, 3.63) is 77.5 Å². The van der Waals surface area contributed by atoms with Gasteiger partial charge in [0.15, 0.2) is 17.4 Å². The van der Waals surface area contributed by atoms with E-state index in [9.17, 15) is 0 Å². The lowest BCUT2D eigenvalue weighted by Crippen LogP contribution is -2.23. The molecule has 5 nitrogen and oxygen atoms in total. The van der Waals surface area contributed by atoms with Crippen LogP contribution in [0.25, 0.3) is 0 Å². The van der Waals surface area contributed by atoms with E-state index in [2.05, 4.69) is 46.7 Å². The van der Waals surface area contributed by atoms with Crippen LogP contribution in [-0.4, -0.2) is 29.8 Å². The molecule has 1 aromatic heterocycles. The van der Waals surface area contributed by atoms with Crippen molar-refractivity contribution in [2.24, 2.45) is 0 Å². The minimum atomic E-state index is 0.357. The van der Waals surface area contributed by atoms with Gasteiger partial charge in [0.05, 0.1) is 7.11 Å². The van der Waals surface area contributed by atoms with Crippen LogP contribution in [0.4, 0.5) is 0 Å². The first-order valence-corrected chi connectivity index (χ1v) is 12.0. The van der Waals surface area contributed by atoms with Crippen molar-refractivity contribution in [1.82, 2.24) is 10.3 Å². The van der Waals surface area contributed by atoms with E-state index in [1.807, 2.05) is 23.9 Å². The van der Waals surface area contributed by atoms with Gasteiger partial charge in [0.25, 0.3) is 0 Å². The number of hydrogen-bond acceptors (Lipinski definition) is 6. The van der Waals surface area contributed by atoms with Crippen molar-refractivity contribution in [3.8, 4) is 11.5 Å². The molecule has 6 heteroatoms. The number of nitrogens with one attached hydrogen (secondary N) is 1. The third-order valence-corrected chi connectivity index (χ3v) is 6.49. The zero-order valence-corrected chi connectivity index (χ0v) is 18.8. The highest BCUT2D eigenvalue weighted by Crippen LogP contribution is 2.29. The summed E-state index contributed by atoms with van der Waals surface area (Å²) < 4.78 is 17.1. The molecule has 0 spiro atoms. The average Bonchev–Trinajstić information content (AvgIpc) is 3.49. The summed E-state index contributed by atoms with van der Waals surface area (Å²) >= 11 is 1.98. The van der Waals surface area contributed by atoms with Gasteiger partial charge in [-0.2, -0.15) is 0 Å². The van der Waals surface area contributed by atoms with E-state index in [0.29, 0.717) is 12.6 Å². The first-order chi connectivity index (χ1) is 15.3. The summed E-state index contributed by atoms with van der Waals surface area (Å²) in [6.07, 6.45) is 6.80. The largest absolute Gasteiger partial charge is 0.493 e. The minimum Gasteiger partial charge on any atom is -0.493 e. The summed E-state index contributed by atoms with van der Waals surface area (Å²) in [6, 6.07) is 17.2. The molecular formula is C25H30N2O3S. The standard InChI is InChI=1S/C25H30N2O3S/c1-28-24-14-20(8-5-9-21-17-31-18-26-21)10-12-23(24)29-15-22-16-30-25(27-22)13-11-19-6-3-2-4-7-19/h2-4,6-7,10,12,14,16,21,26H,5,8-9,11,13,15,17-18H2,1H3. The van der Waals surface area contributed by atoms with Crippen LogP contribution in [0.2, 0.25) is 0 Å². The number of oxazole rings is 1. The monoisotopic (exact) mass is 438 g/mol. The summed E-state index contributed by atoms with van der Waals surface area (Å²) in [5, 5.41) is 3.53. The van der Waals surface area contributed by atoms with Crippen LogP contribution in [0.15, 0.2) is 59.2 Å². The Bertz CT molecular complexity index is 939. The molecule has 2 heterocycles. The highest BCUT2D eigenvalue weighted by Gasteiger charge is 2.14. The van der Waals surface area contributed by atoms with Crippen molar-refractivity contribution < 1.29 is 13.9 Å². The van der Waals surface area contributed by atoms with Crippen LogP contribution < -0.4 is 14.8 Å². The van der Waals surface area contributed by atoms with Crippen molar-refractivity contribution in [2.45, 2.75) is 44.8 Å². The third kappa shape index (κ3) is 6.52. The molecule has 164 valence electrons.